The molecular formula is C20H24N2O3. The van der Waals surface area contributed by atoms with Crippen molar-refractivity contribution in [2.24, 2.45) is 34.3 Å². The molecule has 0 spiro atoms. The van der Waals surface area contributed by atoms with Crippen molar-refractivity contribution >= 4 is 11.8 Å². The van der Waals surface area contributed by atoms with Gasteiger partial charge in [-0.15, -0.1) is 0 Å². The molecule has 2 aliphatic rings. The normalized spacial score (nSPS) is 35.7. The fourth-order valence-electron chi connectivity index (χ4n) is 5.67. The van der Waals surface area contributed by atoms with Gasteiger partial charge in [-0.2, -0.15) is 5.26 Å². The maximum absolute atomic E-state index is 12.9. The Morgan fingerprint density at radius 1 is 1.40 bits per heavy atom. The first kappa shape index (κ1) is 17.6. The molecule has 2 saturated carbocycles. The third-order valence-electron chi connectivity index (χ3n) is 6.78. The Kier molecular flexibility index (Phi) is 4.20. The van der Waals surface area contributed by atoms with E-state index >= 15 is 0 Å². The first-order valence-electron chi connectivity index (χ1n) is 8.82. The number of benzene rings is 1. The van der Waals surface area contributed by atoms with E-state index in [9.17, 15) is 20.0 Å². The van der Waals surface area contributed by atoms with Crippen LogP contribution in [0.1, 0.15) is 30.9 Å². The largest absolute Gasteiger partial charge is 0.481 e. The molecule has 0 bridgehead atoms. The third-order valence-corrected chi connectivity index (χ3v) is 6.78. The number of fused-ring (bicyclic) bond motifs is 1. The molecule has 5 unspecified atom stereocenters. The van der Waals surface area contributed by atoms with Crippen molar-refractivity contribution in [2.45, 2.75) is 33.1 Å². The minimum Gasteiger partial charge on any atom is -0.481 e. The number of carboxylic acid groups (broad SMARTS) is 1. The molecule has 0 amide bonds. The highest BCUT2D eigenvalue weighted by Gasteiger charge is 2.83. The molecule has 3 N–H and O–H groups in total. The van der Waals surface area contributed by atoms with Crippen LogP contribution in [-0.2, 0) is 16.0 Å². The fourth-order valence-corrected chi connectivity index (χ4v) is 5.67. The highest BCUT2D eigenvalue weighted by atomic mass is 16.4. The van der Waals surface area contributed by atoms with Crippen molar-refractivity contribution in [3.63, 3.8) is 0 Å². The maximum Gasteiger partial charge on any atom is 0.307 e. The number of Topliss-reactive ketones (excluding diaryl/α,β-unsaturated/α-hetero) is 1. The Bertz CT molecular complexity index is 768. The summed E-state index contributed by atoms with van der Waals surface area (Å²) in [5, 5.41) is 19.7. The molecule has 0 aliphatic heterocycles. The number of carbonyl (C=O) groups is 2. The molecule has 2 aliphatic carbocycles. The molecular weight excluding hydrogens is 316 g/mol. The first-order chi connectivity index (χ1) is 11.9. The summed E-state index contributed by atoms with van der Waals surface area (Å²) in [5.74, 6) is -2.11. The lowest BCUT2D eigenvalue weighted by molar-refractivity contribution is -0.142. The molecule has 1 aromatic carbocycles. The van der Waals surface area contributed by atoms with E-state index < -0.39 is 22.7 Å². The average Bonchev–Trinajstić information content (AvgIpc) is 3.18. The number of rotatable bonds is 6. The summed E-state index contributed by atoms with van der Waals surface area (Å²) in [6, 6.07) is 10.2. The van der Waals surface area contributed by atoms with E-state index in [-0.39, 0.29) is 24.2 Å². The molecule has 3 rings (SSSR count). The highest BCUT2D eigenvalue weighted by Crippen LogP contribution is 2.79. The summed E-state index contributed by atoms with van der Waals surface area (Å²) in [6.45, 7) is 3.68. The number of hydrogen-bond acceptors (Lipinski definition) is 4. The number of nitrogens with two attached hydrogens (primary N) is 1. The van der Waals surface area contributed by atoms with Gasteiger partial charge < -0.3 is 10.8 Å². The van der Waals surface area contributed by atoms with Gasteiger partial charge in [-0.3, -0.25) is 9.59 Å². The Morgan fingerprint density at radius 3 is 2.60 bits per heavy atom. The fraction of sp³-hybridized carbons (Fsp3) is 0.550. The van der Waals surface area contributed by atoms with E-state index in [4.69, 9.17) is 5.73 Å². The van der Waals surface area contributed by atoms with Crippen molar-refractivity contribution < 1.29 is 14.7 Å². The Labute approximate surface area is 147 Å². The molecule has 1 aromatic rings. The van der Waals surface area contributed by atoms with Gasteiger partial charge in [-0.1, -0.05) is 31.2 Å². The van der Waals surface area contributed by atoms with Gasteiger partial charge in [0.25, 0.3) is 0 Å². The number of nitrogens with zero attached hydrogens (tertiary/aromatic N) is 1. The second-order valence-electron chi connectivity index (χ2n) is 7.43. The molecule has 0 saturated heterocycles. The zero-order valence-corrected chi connectivity index (χ0v) is 14.7. The van der Waals surface area contributed by atoms with E-state index in [1.165, 1.54) is 0 Å². The maximum atomic E-state index is 12.9. The molecule has 0 aromatic heterocycles. The lowest BCUT2D eigenvalue weighted by Crippen LogP contribution is -2.48. The van der Waals surface area contributed by atoms with Crippen molar-refractivity contribution in [2.75, 3.05) is 6.54 Å². The van der Waals surface area contributed by atoms with Crippen LogP contribution in [0.3, 0.4) is 0 Å². The zero-order valence-electron chi connectivity index (χ0n) is 14.7. The predicted molar refractivity (Wildman–Crippen MR) is 92.4 cm³/mol. The van der Waals surface area contributed by atoms with Gasteiger partial charge in [-0.25, -0.2) is 0 Å². The first-order valence-corrected chi connectivity index (χ1v) is 8.82. The standard InChI is InChI=1S/C20H24N2O3/c1-3-19-15(17(19)18(24)25)9-14(20(19,11-22)16(23)10-21)8-13-7-5-4-6-12(13)2/h4-7,14-15,17H,3,8-10,21H2,1-2H3,(H,24,25). The number of hydrogen-bond donors (Lipinski definition) is 2. The van der Waals surface area contributed by atoms with Gasteiger partial charge in [-0.05, 0) is 49.1 Å². The number of carbonyl (C=O) groups excluding carboxylic acids is 1. The lowest BCUT2D eigenvalue weighted by atomic mass is 9.61. The quantitative estimate of drug-likeness (QED) is 0.827. The summed E-state index contributed by atoms with van der Waals surface area (Å²) < 4.78 is 0. The molecule has 0 heterocycles. The molecule has 5 atom stereocenters. The van der Waals surface area contributed by atoms with Gasteiger partial charge >= 0.3 is 5.97 Å². The molecule has 5 nitrogen and oxygen atoms in total. The molecule has 132 valence electrons. The van der Waals surface area contributed by atoms with Crippen LogP contribution < -0.4 is 5.73 Å². The van der Waals surface area contributed by atoms with Gasteiger partial charge in [0.1, 0.15) is 5.41 Å². The van der Waals surface area contributed by atoms with Gasteiger partial charge in [0.05, 0.1) is 18.5 Å². The molecule has 25 heavy (non-hydrogen) atoms. The second kappa shape index (κ2) is 5.96. The summed E-state index contributed by atoms with van der Waals surface area (Å²) in [4.78, 5) is 24.6. The number of ketones is 1. The van der Waals surface area contributed by atoms with E-state index in [2.05, 4.69) is 6.07 Å². The van der Waals surface area contributed by atoms with Crippen molar-refractivity contribution in [1.29, 1.82) is 5.26 Å². The Hall–Kier alpha value is -2.19. The number of carboxylic acids is 1. The van der Waals surface area contributed by atoms with Gasteiger partial charge in [0, 0.05) is 5.41 Å². The average molecular weight is 340 g/mol. The Balaban J connectivity index is 2.07. The van der Waals surface area contributed by atoms with Gasteiger partial charge in [0.15, 0.2) is 5.78 Å². The van der Waals surface area contributed by atoms with E-state index in [1.54, 1.807) is 0 Å². The van der Waals surface area contributed by atoms with E-state index in [0.717, 1.165) is 11.1 Å². The van der Waals surface area contributed by atoms with Crippen molar-refractivity contribution in [3.8, 4) is 6.07 Å². The van der Waals surface area contributed by atoms with Crippen LogP contribution in [-0.4, -0.2) is 23.4 Å². The Morgan fingerprint density at radius 2 is 2.08 bits per heavy atom. The van der Waals surface area contributed by atoms with Crippen molar-refractivity contribution in [3.05, 3.63) is 35.4 Å². The topological polar surface area (TPSA) is 104 Å². The second-order valence-corrected chi connectivity index (χ2v) is 7.43. The van der Waals surface area contributed by atoms with Crippen molar-refractivity contribution in [1.82, 2.24) is 0 Å². The van der Waals surface area contributed by atoms with Crippen LogP contribution in [0.15, 0.2) is 24.3 Å². The van der Waals surface area contributed by atoms with E-state index in [1.807, 2.05) is 38.1 Å². The van der Waals surface area contributed by atoms with Crippen LogP contribution in [0.2, 0.25) is 0 Å². The third kappa shape index (κ3) is 2.10. The zero-order chi connectivity index (χ0) is 18.4. The highest BCUT2D eigenvalue weighted by molar-refractivity contribution is 5.94. The summed E-state index contributed by atoms with van der Waals surface area (Å²) in [7, 11) is 0. The minimum atomic E-state index is -1.30. The minimum absolute atomic E-state index is 0.112. The summed E-state index contributed by atoms with van der Waals surface area (Å²) in [5.41, 5.74) is 5.83. The smallest absolute Gasteiger partial charge is 0.307 e. The SMILES string of the molecule is CCC12C(CC(Cc3ccccc3C)C1(C#N)C(=O)CN)C2C(=O)O. The predicted octanol–water partition coefficient (Wildman–Crippen LogP) is 2.32. The van der Waals surface area contributed by atoms with Crippen LogP contribution in [0.5, 0.6) is 0 Å². The molecule has 2 fully saturated rings. The lowest BCUT2D eigenvalue weighted by Gasteiger charge is -2.37. The van der Waals surface area contributed by atoms with Crippen LogP contribution in [0.25, 0.3) is 0 Å². The number of aryl methyl sites for hydroxylation is 1. The van der Waals surface area contributed by atoms with E-state index in [0.29, 0.717) is 19.3 Å². The number of aliphatic carboxylic acids is 1. The van der Waals surface area contributed by atoms with Crippen LogP contribution >= 0.6 is 0 Å². The monoisotopic (exact) mass is 340 g/mol. The summed E-state index contributed by atoms with van der Waals surface area (Å²) in [6.07, 6.45) is 1.72. The van der Waals surface area contributed by atoms with Gasteiger partial charge in [0.2, 0.25) is 0 Å². The molecule has 5 heteroatoms. The summed E-state index contributed by atoms with van der Waals surface area (Å²) >= 11 is 0. The van der Waals surface area contributed by atoms with Crippen LogP contribution in [0.4, 0.5) is 0 Å². The number of nitriles is 1. The van der Waals surface area contributed by atoms with Crippen LogP contribution in [0, 0.1) is 46.8 Å². The molecule has 0 radical (unpaired) electrons.